The first-order chi connectivity index (χ1) is 9.45. The van der Waals surface area contributed by atoms with E-state index in [0.29, 0.717) is 6.42 Å². The Morgan fingerprint density at radius 3 is 2.35 bits per heavy atom. The largest absolute Gasteiger partial charge is 0.368 e. The van der Waals surface area contributed by atoms with E-state index < -0.39 is 18.0 Å². The summed E-state index contributed by atoms with van der Waals surface area (Å²) < 4.78 is 0. The predicted octanol–water partition coefficient (Wildman–Crippen LogP) is 0.573. The Morgan fingerprint density at radius 1 is 1.25 bits per heavy atom. The van der Waals surface area contributed by atoms with Crippen molar-refractivity contribution in [1.82, 2.24) is 5.32 Å². The molecule has 0 heterocycles. The highest BCUT2D eigenvalue weighted by molar-refractivity contribution is 5.89. The number of nitrogens with one attached hydrogen (secondary N) is 1. The second kappa shape index (κ2) is 7.65. The van der Waals surface area contributed by atoms with E-state index in [9.17, 15) is 9.59 Å². The number of nitrogens with two attached hydrogens (primary N) is 2. The summed E-state index contributed by atoms with van der Waals surface area (Å²) in [7, 11) is 0. The Bertz CT molecular complexity index is 448. The molecule has 1 aromatic carbocycles. The van der Waals surface area contributed by atoms with Gasteiger partial charge < -0.3 is 16.8 Å². The fraction of sp³-hybridized carbons (Fsp3) is 0.467. The van der Waals surface area contributed by atoms with Crippen LogP contribution >= 0.6 is 0 Å². The first kappa shape index (κ1) is 16.2. The SMILES string of the molecule is CCC(C)C(N)C(=O)NC(Cc1ccccc1)C(N)=O. The molecule has 0 bridgehead atoms. The first-order valence-electron chi connectivity index (χ1n) is 6.84. The van der Waals surface area contributed by atoms with Crippen molar-refractivity contribution in [2.75, 3.05) is 0 Å². The molecule has 0 saturated heterocycles. The monoisotopic (exact) mass is 277 g/mol. The van der Waals surface area contributed by atoms with Crippen LogP contribution in [0.1, 0.15) is 25.8 Å². The summed E-state index contributed by atoms with van der Waals surface area (Å²) in [4.78, 5) is 23.5. The zero-order valence-electron chi connectivity index (χ0n) is 12.0. The molecule has 0 saturated carbocycles. The van der Waals surface area contributed by atoms with Crippen LogP contribution in [0.2, 0.25) is 0 Å². The Balaban J connectivity index is 2.68. The Kier molecular flexibility index (Phi) is 6.18. The maximum absolute atomic E-state index is 12.0. The van der Waals surface area contributed by atoms with Crippen LogP contribution in [0, 0.1) is 5.92 Å². The highest BCUT2D eigenvalue weighted by Crippen LogP contribution is 2.07. The van der Waals surface area contributed by atoms with E-state index in [1.807, 2.05) is 44.2 Å². The number of amides is 2. The van der Waals surface area contributed by atoms with Crippen LogP contribution in [-0.2, 0) is 16.0 Å². The van der Waals surface area contributed by atoms with Gasteiger partial charge in [-0.15, -0.1) is 0 Å². The van der Waals surface area contributed by atoms with Crippen LogP contribution in [0.3, 0.4) is 0 Å². The van der Waals surface area contributed by atoms with E-state index in [2.05, 4.69) is 5.32 Å². The molecule has 5 heteroatoms. The van der Waals surface area contributed by atoms with Crippen molar-refractivity contribution < 1.29 is 9.59 Å². The molecule has 110 valence electrons. The van der Waals surface area contributed by atoms with E-state index in [0.717, 1.165) is 12.0 Å². The summed E-state index contributed by atoms with van der Waals surface area (Å²) in [5, 5.41) is 2.64. The third-order valence-electron chi connectivity index (χ3n) is 3.50. The van der Waals surface area contributed by atoms with Crippen molar-refractivity contribution >= 4 is 11.8 Å². The van der Waals surface area contributed by atoms with Gasteiger partial charge >= 0.3 is 0 Å². The zero-order chi connectivity index (χ0) is 15.1. The molecule has 0 aromatic heterocycles. The molecule has 2 amide bonds. The molecule has 0 spiro atoms. The molecule has 5 nitrogen and oxygen atoms in total. The van der Waals surface area contributed by atoms with Gasteiger partial charge in [0.2, 0.25) is 11.8 Å². The van der Waals surface area contributed by atoms with Crippen LogP contribution in [-0.4, -0.2) is 23.9 Å². The van der Waals surface area contributed by atoms with Crippen molar-refractivity contribution in [2.24, 2.45) is 17.4 Å². The fourth-order valence-corrected chi connectivity index (χ4v) is 1.85. The van der Waals surface area contributed by atoms with E-state index in [4.69, 9.17) is 11.5 Å². The molecule has 0 aliphatic rings. The van der Waals surface area contributed by atoms with Crippen LogP contribution < -0.4 is 16.8 Å². The maximum atomic E-state index is 12.0. The van der Waals surface area contributed by atoms with Crippen molar-refractivity contribution in [3.63, 3.8) is 0 Å². The van der Waals surface area contributed by atoms with Gasteiger partial charge in [-0.05, 0) is 11.5 Å². The van der Waals surface area contributed by atoms with Crippen LogP contribution in [0.4, 0.5) is 0 Å². The van der Waals surface area contributed by atoms with Crippen molar-refractivity contribution in [3.05, 3.63) is 35.9 Å². The number of rotatable bonds is 7. The maximum Gasteiger partial charge on any atom is 0.240 e. The summed E-state index contributed by atoms with van der Waals surface area (Å²) >= 11 is 0. The summed E-state index contributed by atoms with van der Waals surface area (Å²) in [6.45, 7) is 3.87. The standard InChI is InChI=1S/C15H23N3O2/c1-3-10(2)13(16)15(20)18-12(14(17)19)9-11-7-5-4-6-8-11/h4-8,10,12-13H,3,9,16H2,1-2H3,(H2,17,19)(H,18,20). The Labute approximate surface area is 119 Å². The average molecular weight is 277 g/mol. The minimum absolute atomic E-state index is 0.0558. The van der Waals surface area contributed by atoms with Gasteiger partial charge in [0, 0.05) is 6.42 Å². The molecule has 20 heavy (non-hydrogen) atoms. The van der Waals surface area contributed by atoms with Gasteiger partial charge in [0.05, 0.1) is 6.04 Å². The van der Waals surface area contributed by atoms with Gasteiger partial charge in [-0.3, -0.25) is 9.59 Å². The highest BCUT2D eigenvalue weighted by atomic mass is 16.2. The smallest absolute Gasteiger partial charge is 0.240 e. The van der Waals surface area contributed by atoms with E-state index in [-0.39, 0.29) is 11.8 Å². The topological polar surface area (TPSA) is 98.2 Å². The van der Waals surface area contributed by atoms with Crippen molar-refractivity contribution in [2.45, 2.75) is 38.8 Å². The molecule has 0 aliphatic heterocycles. The number of carbonyl (C=O) groups excluding carboxylic acids is 2. The second-order valence-corrected chi connectivity index (χ2v) is 5.06. The highest BCUT2D eigenvalue weighted by Gasteiger charge is 2.24. The summed E-state index contributed by atoms with van der Waals surface area (Å²) in [5.74, 6) is -0.835. The van der Waals surface area contributed by atoms with Crippen LogP contribution in [0.5, 0.6) is 0 Å². The number of carbonyl (C=O) groups is 2. The third-order valence-corrected chi connectivity index (χ3v) is 3.50. The summed E-state index contributed by atoms with van der Waals surface area (Å²) in [5.41, 5.74) is 12.1. The van der Waals surface area contributed by atoms with Crippen LogP contribution in [0.15, 0.2) is 30.3 Å². The molecule has 3 atom stereocenters. The van der Waals surface area contributed by atoms with Crippen molar-refractivity contribution in [3.8, 4) is 0 Å². The molecule has 0 radical (unpaired) electrons. The third kappa shape index (κ3) is 4.66. The van der Waals surface area contributed by atoms with Gasteiger partial charge in [0.15, 0.2) is 0 Å². The lowest BCUT2D eigenvalue weighted by molar-refractivity contribution is -0.128. The average Bonchev–Trinajstić information content (AvgIpc) is 2.45. The van der Waals surface area contributed by atoms with Gasteiger partial charge in [-0.2, -0.15) is 0 Å². The van der Waals surface area contributed by atoms with Crippen LogP contribution in [0.25, 0.3) is 0 Å². The van der Waals surface area contributed by atoms with Crippen molar-refractivity contribution in [1.29, 1.82) is 0 Å². The quantitative estimate of drug-likeness (QED) is 0.679. The molecular formula is C15H23N3O2. The number of hydrogen-bond donors (Lipinski definition) is 3. The fourth-order valence-electron chi connectivity index (χ4n) is 1.85. The van der Waals surface area contributed by atoms with Gasteiger partial charge in [-0.25, -0.2) is 0 Å². The normalized spacial score (nSPS) is 15.2. The molecule has 1 aromatic rings. The number of benzene rings is 1. The second-order valence-electron chi connectivity index (χ2n) is 5.06. The lowest BCUT2D eigenvalue weighted by Gasteiger charge is -2.21. The first-order valence-corrected chi connectivity index (χ1v) is 6.84. The molecule has 3 unspecified atom stereocenters. The summed E-state index contributed by atoms with van der Waals surface area (Å²) in [6, 6.07) is 8.05. The number of hydrogen-bond acceptors (Lipinski definition) is 3. The minimum Gasteiger partial charge on any atom is -0.368 e. The van der Waals surface area contributed by atoms with Gasteiger partial charge in [0.25, 0.3) is 0 Å². The lowest BCUT2D eigenvalue weighted by Crippen LogP contribution is -2.53. The molecule has 0 aliphatic carbocycles. The molecular weight excluding hydrogens is 254 g/mol. The predicted molar refractivity (Wildman–Crippen MR) is 78.7 cm³/mol. The Hall–Kier alpha value is -1.88. The van der Waals surface area contributed by atoms with E-state index in [1.54, 1.807) is 0 Å². The zero-order valence-corrected chi connectivity index (χ0v) is 12.0. The lowest BCUT2D eigenvalue weighted by atomic mass is 9.98. The molecule has 1 rings (SSSR count). The molecule has 0 fully saturated rings. The Morgan fingerprint density at radius 2 is 1.85 bits per heavy atom. The van der Waals surface area contributed by atoms with Gasteiger partial charge in [-0.1, -0.05) is 50.6 Å². The minimum atomic E-state index is -0.736. The van der Waals surface area contributed by atoms with E-state index in [1.165, 1.54) is 0 Å². The van der Waals surface area contributed by atoms with E-state index >= 15 is 0 Å². The van der Waals surface area contributed by atoms with Gasteiger partial charge in [0.1, 0.15) is 6.04 Å². The number of primary amides is 1. The summed E-state index contributed by atoms with van der Waals surface area (Å²) in [6.07, 6.45) is 1.17. The molecule has 5 N–H and O–H groups in total.